The van der Waals surface area contributed by atoms with Crippen LogP contribution in [-0.4, -0.2) is 21.0 Å². The van der Waals surface area contributed by atoms with Gasteiger partial charge in [-0.3, -0.25) is 4.79 Å². The number of hydrogen-bond acceptors (Lipinski definition) is 3. The van der Waals surface area contributed by atoms with Gasteiger partial charge in [0.1, 0.15) is 11.2 Å². The van der Waals surface area contributed by atoms with E-state index in [4.69, 9.17) is 5.26 Å². The van der Waals surface area contributed by atoms with Crippen LogP contribution in [0.1, 0.15) is 36.2 Å². The van der Waals surface area contributed by atoms with Crippen LogP contribution >= 0.6 is 0 Å². The minimum atomic E-state index is -0.672. The van der Waals surface area contributed by atoms with Crippen molar-refractivity contribution in [3.63, 3.8) is 0 Å². The Bertz CT molecular complexity index is 437. The van der Waals surface area contributed by atoms with E-state index in [0.717, 1.165) is 25.7 Å². The van der Waals surface area contributed by atoms with Crippen LogP contribution in [0.15, 0.2) is 12.5 Å². The van der Waals surface area contributed by atoms with Gasteiger partial charge in [-0.05, 0) is 25.7 Å². The van der Waals surface area contributed by atoms with Gasteiger partial charge in [-0.2, -0.15) is 5.26 Å². The number of nitrogens with one attached hydrogen (secondary N) is 1. The lowest BCUT2D eigenvalue weighted by Crippen LogP contribution is -2.45. The molecular weight excluding hydrogens is 204 g/mol. The Morgan fingerprint density at radius 3 is 2.81 bits per heavy atom. The highest BCUT2D eigenvalue weighted by atomic mass is 16.2. The Kier molecular flexibility index (Phi) is 2.65. The maximum atomic E-state index is 11.8. The van der Waals surface area contributed by atoms with Crippen LogP contribution in [0.2, 0.25) is 0 Å². The second-order valence-corrected chi connectivity index (χ2v) is 4.28. The summed E-state index contributed by atoms with van der Waals surface area (Å²) in [6.45, 7) is 0. The highest BCUT2D eigenvalue weighted by Gasteiger charge is 2.35. The summed E-state index contributed by atoms with van der Waals surface area (Å²) in [6, 6.07) is 2.22. The molecule has 1 fully saturated rings. The summed E-state index contributed by atoms with van der Waals surface area (Å²) in [6.07, 6.45) is 6.69. The Balaban J connectivity index is 2.10. The van der Waals surface area contributed by atoms with Crippen LogP contribution in [-0.2, 0) is 7.05 Å². The lowest BCUT2D eigenvalue weighted by atomic mass is 10.00. The van der Waals surface area contributed by atoms with Crippen molar-refractivity contribution < 1.29 is 4.79 Å². The minimum absolute atomic E-state index is 0.260. The summed E-state index contributed by atoms with van der Waals surface area (Å²) < 4.78 is 1.71. The van der Waals surface area contributed by atoms with Crippen LogP contribution in [0.5, 0.6) is 0 Å². The molecule has 0 unspecified atom stereocenters. The Morgan fingerprint density at radius 1 is 1.62 bits per heavy atom. The SMILES string of the molecule is Cn1cnc(C(=O)NC2(C#N)CCCC2)c1. The first-order valence-electron chi connectivity index (χ1n) is 5.37. The van der Waals surface area contributed by atoms with Crippen LogP contribution in [0.25, 0.3) is 0 Å². The molecule has 1 aliphatic rings. The predicted octanol–water partition coefficient (Wildman–Crippen LogP) is 0.986. The molecule has 0 bridgehead atoms. The molecule has 1 aromatic heterocycles. The summed E-state index contributed by atoms with van der Waals surface area (Å²) >= 11 is 0. The van der Waals surface area contributed by atoms with E-state index in [9.17, 15) is 4.79 Å². The molecular formula is C11H14N4O. The number of imidazole rings is 1. The minimum Gasteiger partial charge on any atom is -0.340 e. The third kappa shape index (κ3) is 1.91. The maximum Gasteiger partial charge on any atom is 0.272 e. The quantitative estimate of drug-likeness (QED) is 0.804. The number of carbonyl (C=O) groups is 1. The topological polar surface area (TPSA) is 70.7 Å². The summed E-state index contributed by atoms with van der Waals surface area (Å²) in [5.74, 6) is -0.260. The standard InChI is InChI=1S/C11H14N4O/c1-15-6-9(13-8-15)10(16)14-11(7-12)4-2-3-5-11/h6,8H,2-5H2,1H3,(H,14,16). The number of aromatic nitrogens is 2. The zero-order valence-corrected chi connectivity index (χ0v) is 9.23. The molecule has 1 saturated carbocycles. The van der Waals surface area contributed by atoms with Gasteiger partial charge in [0.2, 0.25) is 0 Å². The smallest absolute Gasteiger partial charge is 0.272 e. The summed E-state index contributed by atoms with van der Waals surface area (Å²) in [4.78, 5) is 15.8. The summed E-state index contributed by atoms with van der Waals surface area (Å²) in [5, 5.41) is 11.9. The molecule has 1 amide bonds. The van der Waals surface area contributed by atoms with Crippen molar-refractivity contribution in [2.75, 3.05) is 0 Å². The first kappa shape index (κ1) is 10.7. The average molecular weight is 218 g/mol. The maximum absolute atomic E-state index is 11.8. The van der Waals surface area contributed by atoms with E-state index in [2.05, 4.69) is 16.4 Å². The highest BCUT2D eigenvalue weighted by Crippen LogP contribution is 2.29. The van der Waals surface area contributed by atoms with E-state index in [1.165, 1.54) is 0 Å². The van der Waals surface area contributed by atoms with Crippen molar-refractivity contribution in [2.24, 2.45) is 7.05 Å². The van der Waals surface area contributed by atoms with Crippen LogP contribution in [0.3, 0.4) is 0 Å². The van der Waals surface area contributed by atoms with Crippen molar-refractivity contribution in [1.29, 1.82) is 5.26 Å². The molecule has 0 saturated heterocycles. The molecule has 2 rings (SSSR count). The fourth-order valence-corrected chi connectivity index (χ4v) is 2.05. The van der Waals surface area contributed by atoms with Crippen molar-refractivity contribution in [1.82, 2.24) is 14.9 Å². The molecule has 16 heavy (non-hydrogen) atoms. The van der Waals surface area contributed by atoms with E-state index in [1.807, 2.05) is 0 Å². The van der Waals surface area contributed by atoms with Gasteiger partial charge < -0.3 is 9.88 Å². The molecule has 0 spiro atoms. The van der Waals surface area contributed by atoms with Crippen LogP contribution < -0.4 is 5.32 Å². The van der Waals surface area contributed by atoms with Gasteiger partial charge in [-0.15, -0.1) is 0 Å². The van der Waals surface area contributed by atoms with Gasteiger partial charge >= 0.3 is 0 Å². The van der Waals surface area contributed by atoms with E-state index in [-0.39, 0.29) is 5.91 Å². The Morgan fingerprint density at radius 2 is 2.31 bits per heavy atom. The molecule has 84 valence electrons. The van der Waals surface area contributed by atoms with E-state index < -0.39 is 5.54 Å². The lowest BCUT2D eigenvalue weighted by molar-refractivity contribution is 0.0916. The third-order valence-corrected chi connectivity index (χ3v) is 2.96. The van der Waals surface area contributed by atoms with Crippen molar-refractivity contribution in [2.45, 2.75) is 31.2 Å². The second-order valence-electron chi connectivity index (χ2n) is 4.28. The number of amides is 1. The normalized spacial score (nSPS) is 18.0. The predicted molar refractivity (Wildman–Crippen MR) is 57.5 cm³/mol. The van der Waals surface area contributed by atoms with E-state index >= 15 is 0 Å². The number of carbonyl (C=O) groups excluding carboxylic acids is 1. The zero-order chi connectivity index (χ0) is 11.6. The molecule has 1 aliphatic carbocycles. The molecule has 1 heterocycles. The Hall–Kier alpha value is -1.83. The van der Waals surface area contributed by atoms with Crippen molar-refractivity contribution in [3.05, 3.63) is 18.2 Å². The highest BCUT2D eigenvalue weighted by molar-refractivity contribution is 5.92. The van der Waals surface area contributed by atoms with E-state index in [1.54, 1.807) is 24.1 Å². The van der Waals surface area contributed by atoms with Gasteiger partial charge in [0, 0.05) is 13.2 Å². The molecule has 5 nitrogen and oxygen atoms in total. The number of hydrogen-bond donors (Lipinski definition) is 1. The lowest BCUT2D eigenvalue weighted by Gasteiger charge is -2.21. The Labute approximate surface area is 94.1 Å². The van der Waals surface area contributed by atoms with Crippen LogP contribution in [0, 0.1) is 11.3 Å². The van der Waals surface area contributed by atoms with E-state index in [0.29, 0.717) is 5.69 Å². The largest absolute Gasteiger partial charge is 0.340 e. The number of aryl methyl sites for hydroxylation is 1. The van der Waals surface area contributed by atoms with Gasteiger partial charge in [-0.25, -0.2) is 4.98 Å². The fourth-order valence-electron chi connectivity index (χ4n) is 2.05. The molecule has 1 aromatic rings. The van der Waals surface area contributed by atoms with Gasteiger partial charge in [0.15, 0.2) is 0 Å². The van der Waals surface area contributed by atoms with Crippen LogP contribution in [0.4, 0.5) is 0 Å². The van der Waals surface area contributed by atoms with Gasteiger partial charge in [-0.1, -0.05) is 0 Å². The summed E-state index contributed by atoms with van der Waals surface area (Å²) in [5.41, 5.74) is -0.307. The first-order valence-corrected chi connectivity index (χ1v) is 5.37. The first-order chi connectivity index (χ1) is 7.65. The third-order valence-electron chi connectivity index (χ3n) is 2.96. The molecule has 1 N–H and O–H groups in total. The monoisotopic (exact) mass is 218 g/mol. The number of rotatable bonds is 2. The molecule has 0 aromatic carbocycles. The fraction of sp³-hybridized carbons (Fsp3) is 0.545. The molecule has 0 radical (unpaired) electrons. The molecule has 0 atom stereocenters. The van der Waals surface area contributed by atoms with Gasteiger partial charge in [0.25, 0.3) is 5.91 Å². The number of nitriles is 1. The number of nitrogens with zero attached hydrogens (tertiary/aromatic N) is 3. The molecule has 5 heteroatoms. The second kappa shape index (κ2) is 3.97. The van der Waals surface area contributed by atoms with Gasteiger partial charge in [0.05, 0.1) is 12.4 Å². The van der Waals surface area contributed by atoms with Crippen molar-refractivity contribution in [3.8, 4) is 6.07 Å². The van der Waals surface area contributed by atoms with Crippen molar-refractivity contribution >= 4 is 5.91 Å². The average Bonchev–Trinajstić information content (AvgIpc) is 2.88. The zero-order valence-electron chi connectivity index (χ0n) is 9.23. The molecule has 0 aliphatic heterocycles. The summed E-state index contributed by atoms with van der Waals surface area (Å²) in [7, 11) is 1.80.